The van der Waals surface area contributed by atoms with Crippen LogP contribution in [-0.4, -0.2) is 29.8 Å². The molecule has 1 aliphatic heterocycles. The number of para-hydroxylation sites is 1. The van der Waals surface area contributed by atoms with Gasteiger partial charge >= 0.3 is 0 Å². The Morgan fingerprint density at radius 1 is 1.08 bits per heavy atom. The number of nitrogens with one attached hydrogen (secondary N) is 1. The molecule has 0 aromatic heterocycles. The third-order valence-corrected chi connectivity index (χ3v) is 5.11. The van der Waals surface area contributed by atoms with Crippen molar-refractivity contribution in [1.29, 1.82) is 0 Å². The van der Waals surface area contributed by atoms with E-state index < -0.39 is 0 Å². The monoisotopic (exact) mass is 350 g/mol. The predicted octanol–water partition coefficient (Wildman–Crippen LogP) is 3.74. The standard InChI is InChI=1S/C22H26N2O2/c1-22(2)16-24(14-13-17-9-5-3-6-10-17)21(26)19(22)15-20(25)23-18-11-7-4-8-12-18/h3-12,19H,13-16H2,1-2H3,(H,23,25)/t19-/m1/s1. The van der Waals surface area contributed by atoms with Crippen molar-refractivity contribution in [2.24, 2.45) is 11.3 Å². The highest BCUT2D eigenvalue weighted by atomic mass is 16.2. The second kappa shape index (κ2) is 7.73. The average Bonchev–Trinajstić information content (AvgIpc) is 2.84. The molecule has 3 rings (SSSR count). The topological polar surface area (TPSA) is 49.4 Å². The fourth-order valence-electron chi connectivity index (χ4n) is 3.62. The molecule has 1 atom stereocenters. The number of rotatable bonds is 6. The van der Waals surface area contributed by atoms with Crippen molar-refractivity contribution in [2.75, 3.05) is 18.4 Å². The van der Waals surface area contributed by atoms with E-state index in [4.69, 9.17) is 0 Å². The van der Waals surface area contributed by atoms with Crippen LogP contribution in [0.25, 0.3) is 0 Å². The van der Waals surface area contributed by atoms with E-state index in [-0.39, 0.29) is 29.6 Å². The Bertz CT molecular complexity index is 756. The van der Waals surface area contributed by atoms with E-state index in [2.05, 4.69) is 31.3 Å². The highest BCUT2D eigenvalue weighted by molar-refractivity contribution is 5.95. The van der Waals surface area contributed by atoms with Crippen molar-refractivity contribution >= 4 is 17.5 Å². The Morgan fingerprint density at radius 2 is 1.69 bits per heavy atom. The molecule has 0 unspecified atom stereocenters. The van der Waals surface area contributed by atoms with Crippen molar-refractivity contribution in [3.63, 3.8) is 0 Å². The number of amides is 2. The Balaban J connectivity index is 1.60. The summed E-state index contributed by atoms with van der Waals surface area (Å²) in [5, 5.41) is 2.89. The molecule has 136 valence electrons. The lowest BCUT2D eigenvalue weighted by Crippen LogP contribution is -2.31. The molecule has 1 saturated heterocycles. The van der Waals surface area contributed by atoms with E-state index in [1.807, 2.05) is 53.4 Å². The van der Waals surface area contributed by atoms with Crippen LogP contribution in [0.3, 0.4) is 0 Å². The van der Waals surface area contributed by atoms with Crippen molar-refractivity contribution in [2.45, 2.75) is 26.7 Å². The first-order chi connectivity index (χ1) is 12.5. The van der Waals surface area contributed by atoms with Gasteiger partial charge in [-0.3, -0.25) is 9.59 Å². The van der Waals surface area contributed by atoms with Gasteiger partial charge in [-0.05, 0) is 29.5 Å². The summed E-state index contributed by atoms with van der Waals surface area (Å²) >= 11 is 0. The van der Waals surface area contributed by atoms with Gasteiger partial charge in [-0.15, -0.1) is 0 Å². The maximum atomic E-state index is 12.9. The summed E-state index contributed by atoms with van der Waals surface area (Å²) in [7, 11) is 0. The maximum absolute atomic E-state index is 12.9. The van der Waals surface area contributed by atoms with Gasteiger partial charge in [-0.1, -0.05) is 62.4 Å². The van der Waals surface area contributed by atoms with E-state index in [0.717, 1.165) is 12.1 Å². The number of anilines is 1. The summed E-state index contributed by atoms with van der Waals surface area (Å²) in [5.74, 6) is -0.288. The molecule has 0 bridgehead atoms. The lowest BCUT2D eigenvalue weighted by Gasteiger charge is -2.23. The molecule has 0 saturated carbocycles. The number of hydrogen-bond donors (Lipinski definition) is 1. The minimum Gasteiger partial charge on any atom is -0.342 e. The zero-order valence-electron chi connectivity index (χ0n) is 15.4. The van der Waals surface area contributed by atoms with Crippen LogP contribution in [0.5, 0.6) is 0 Å². The molecule has 1 N–H and O–H groups in total. The third kappa shape index (κ3) is 4.31. The van der Waals surface area contributed by atoms with Gasteiger partial charge < -0.3 is 10.2 Å². The Hall–Kier alpha value is -2.62. The van der Waals surface area contributed by atoms with Crippen LogP contribution in [0.2, 0.25) is 0 Å². The summed E-state index contributed by atoms with van der Waals surface area (Å²) in [6.07, 6.45) is 1.06. The molecule has 0 radical (unpaired) electrons. The van der Waals surface area contributed by atoms with Crippen molar-refractivity contribution < 1.29 is 9.59 Å². The SMILES string of the molecule is CC1(C)CN(CCc2ccccc2)C(=O)[C@H]1CC(=O)Nc1ccccc1. The van der Waals surface area contributed by atoms with Gasteiger partial charge in [0.05, 0.1) is 5.92 Å². The summed E-state index contributed by atoms with van der Waals surface area (Å²) in [6.45, 7) is 5.55. The van der Waals surface area contributed by atoms with Crippen LogP contribution in [-0.2, 0) is 16.0 Å². The number of hydrogen-bond acceptors (Lipinski definition) is 2. The second-order valence-electron chi connectivity index (χ2n) is 7.65. The molecule has 4 heteroatoms. The summed E-state index contributed by atoms with van der Waals surface area (Å²) in [4.78, 5) is 27.2. The zero-order valence-corrected chi connectivity index (χ0v) is 15.4. The zero-order chi connectivity index (χ0) is 18.6. The quantitative estimate of drug-likeness (QED) is 0.863. The van der Waals surface area contributed by atoms with Gasteiger partial charge in [0.15, 0.2) is 0 Å². The molecule has 26 heavy (non-hydrogen) atoms. The van der Waals surface area contributed by atoms with Crippen LogP contribution in [0, 0.1) is 11.3 Å². The number of likely N-dealkylation sites (tertiary alicyclic amines) is 1. The summed E-state index contributed by atoms with van der Waals surface area (Å²) in [5.41, 5.74) is 1.78. The van der Waals surface area contributed by atoms with Crippen LogP contribution < -0.4 is 5.32 Å². The Labute approximate surface area is 155 Å². The molecule has 0 aliphatic carbocycles. The highest BCUT2D eigenvalue weighted by Crippen LogP contribution is 2.38. The molecule has 2 aromatic rings. The molecule has 1 aliphatic rings. The normalized spacial score (nSPS) is 18.8. The minimum atomic E-state index is -0.276. The molecule has 2 aromatic carbocycles. The molecule has 1 heterocycles. The molecular weight excluding hydrogens is 324 g/mol. The smallest absolute Gasteiger partial charge is 0.226 e. The van der Waals surface area contributed by atoms with Crippen LogP contribution in [0.4, 0.5) is 5.69 Å². The predicted molar refractivity (Wildman–Crippen MR) is 104 cm³/mol. The van der Waals surface area contributed by atoms with E-state index in [9.17, 15) is 9.59 Å². The summed E-state index contributed by atoms with van der Waals surface area (Å²) in [6, 6.07) is 19.6. The van der Waals surface area contributed by atoms with E-state index in [1.54, 1.807) is 0 Å². The van der Waals surface area contributed by atoms with Gasteiger partial charge in [-0.2, -0.15) is 0 Å². The molecule has 4 nitrogen and oxygen atoms in total. The fourth-order valence-corrected chi connectivity index (χ4v) is 3.62. The number of nitrogens with zero attached hydrogens (tertiary/aromatic N) is 1. The van der Waals surface area contributed by atoms with E-state index in [1.165, 1.54) is 5.56 Å². The van der Waals surface area contributed by atoms with Crippen LogP contribution in [0.15, 0.2) is 60.7 Å². The molecular formula is C22H26N2O2. The van der Waals surface area contributed by atoms with Gasteiger partial charge in [0.2, 0.25) is 11.8 Å². The number of benzene rings is 2. The highest BCUT2D eigenvalue weighted by Gasteiger charge is 2.46. The van der Waals surface area contributed by atoms with E-state index in [0.29, 0.717) is 13.1 Å². The second-order valence-corrected chi connectivity index (χ2v) is 7.65. The number of carbonyl (C=O) groups is 2. The van der Waals surface area contributed by atoms with Crippen molar-refractivity contribution in [1.82, 2.24) is 4.90 Å². The molecule has 1 fully saturated rings. The lowest BCUT2D eigenvalue weighted by molar-refractivity contribution is -0.133. The van der Waals surface area contributed by atoms with Crippen molar-refractivity contribution in [3.8, 4) is 0 Å². The van der Waals surface area contributed by atoms with Crippen LogP contribution >= 0.6 is 0 Å². The van der Waals surface area contributed by atoms with Crippen LogP contribution in [0.1, 0.15) is 25.8 Å². The fraction of sp³-hybridized carbons (Fsp3) is 0.364. The molecule has 0 spiro atoms. The average molecular weight is 350 g/mol. The Morgan fingerprint density at radius 3 is 2.35 bits per heavy atom. The first-order valence-corrected chi connectivity index (χ1v) is 9.13. The first kappa shape index (κ1) is 18.2. The lowest BCUT2D eigenvalue weighted by atomic mass is 9.79. The van der Waals surface area contributed by atoms with Gasteiger partial charge in [0.1, 0.15) is 0 Å². The maximum Gasteiger partial charge on any atom is 0.226 e. The largest absolute Gasteiger partial charge is 0.342 e. The van der Waals surface area contributed by atoms with Gasteiger partial charge in [0, 0.05) is 25.2 Å². The molecule has 2 amide bonds. The third-order valence-electron chi connectivity index (χ3n) is 5.11. The van der Waals surface area contributed by atoms with Gasteiger partial charge in [-0.25, -0.2) is 0 Å². The number of carbonyl (C=O) groups excluding carboxylic acids is 2. The first-order valence-electron chi connectivity index (χ1n) is 9.13. The van der Waals surface area contributed by atoms with Gasteiger partial charge in [0.25, 0.3) is 0 Å². The Kier molecular flexibility index (Phi) is 5.40. The van der Waals surface area contributed by atoms with Crippen molar-refractivity contribution in [3.05, 3.63) is 66.2 Å². The minimum absolute atomic E-state index is 0.0918. The summed E-state index contributed by atoms with van der Waals surface area (Å²) < 4.78 is 0. The van der Waals surface area contributed by atoms with E-state index >= 15 is 0 Å².